The number of carboxylic acids is 1. The van der Waals surface area contributed by atoms with Crippen LogP contribution in [-0.2, 0) is 25.6 Å². The van der Waals surface area contributed by atoms with Gasteiger partial charge in [0.25, 0.3) is 0 Å². The van der Waals surface area contributed by atoms with Crippen LogP contribution in [0.15, 0.2) is 30.5 Å². The molecular formula is C28H43N5O5. The number of fused-ring (bicyclic) bond motifs is 1. The molecule has 0 bridgehead atoms. The molecule has 1 heterocycles. The summed E-state index contributed by atoms with van der Waals surface area (Å²) in [5, 5.41) is 18.6. The smallest absolute Gasteiger partial charge is 0.326 e. The molecule has 10 heteroatoms. The molecule has 0 radical (unpaired) electrons. The van der Waals surface area contributed by atoms with Crippen molar-refractivity contribution >= 4 is 34.6 Å². The molecule has 0 aliphatic heterocycles. The highest BCUT2D eigenvalue weighted by atomic mass is 16.4. The number of hydrogen-bond acceptors (Lipinski definition) is 5. The van der Waals surface area contributed by atoms with E-state index in [1.54, 1.807) is 13.8 Å². The fraction of sp³-hybridized carbons (Fsp3) is 0.571. The Morgan fingerprint density at radius 3 is 1.84 bits per heavy atom. The molecule has 38 heavy (non-hydrogen) atoms. The molecule has 10 nitrogen and oxygen atoms in total. The molecule has 6 atom stereocenters. The lowest BCUT2D eigenvalue weighted by Gasteiger charge is -2.30. The van der Waals surface area contributed by atoms with Crippen LogP contribution in [0.5, 0.6) is 0 Å². The lowest BCUT2D eigenvalue weighted by molar-refractivity contribution is -0.144. The molecule has 1 aromatic carbocycles. The summed E-state index contributed by atoms with van der Waals surface area (Å²) in [6, 6.07) is 3.88. The summed E-state index contributed by atoms with van der Waals surface area (Å²) in [6.07, 6.45) is 3.29. The molecule has 0 saturated heterocycles. The summed E-state index contributed by atoms with van der Waals surface area (Å²) in [4.78, 5) is 54.3. The highest BCUT2D eigenvalue weighted by Crippen LogP contribution is 2.19. The van der Waals surface area contributed by atoms with E-state index in [1.165, 1.54) is 0 Å². The average molecular weight is 530 g/mol. The molecule has 3 amide bonds. The number of nitrogens with one attached hydrogen (secondary N) is 4. The molecular weight excluding hydrogens is 486 g/mol. The lowest BCUT2D eigenvalue weighted by atomic mass is 9.94. The van der Waals surface area contributed by atoms with Gasteiger partial charge in [-0.1, -0.05) is 72.6 Å². The van der Waals surface area contributed by atoms with Crippen LogP contribution in [0, 0.1) is 17.8 Å². The van der Waals surface area contributed by atoms with Gasteiger partial charge in [0.15, 0.2) is 0 Å². The van der Waals surface area contributed by atoms with Gasteiger partial charge >= 0.3 is 5.97 Å². The van der Waals surface area contributed by atoms with Gasteiger partial charge in [-0.3, -0.25) is 14.4 Å². The van der Waals surface area contributed by atoms with Crippen molar-refractivity contribution in [3.8, 4) is 0 Å². The average Bonchev–Trinajstić information content (AvgIpc) is 3.29. The molecule has 2 rings (SSSR count). The van der Waals surface area contributed by atoms with Gasteiger partial charge in [0.2, 0.25) is 17.7 Å². The Bertz CT molecular complexity index is 1110. The second-order valence-electron chi connectivity index (χ2n) is 10.5. The Morgan fingerprint density at radius 2 is 1.34 bits per heavy atom. The van der Waals surface area contributed by atoms with Crippen LogP contribution in [0.1, 0.15) is 59.9 Å². The minimum absolute atomic E-state index is 0.234. The molecule has 6 unspecified atom stereocenters. The zero-order valence-electron chi connectivity index (χ0n) is 23.2. The number of carbonyl (C=O) groups excluding carboxylic acids is 3. The number of nitrogens with two attached hydrogens (primary N) is 1. The maximum atomic E-state index is 13.4. The third kappa shape index (κ3) is 7.80. The molecule has 210 valence electrons. The summed E-state index contributed by atoms with van der Waals surface area (Å²) < 4.78 is 0. The van der Waals surface area contributed by atoms with Crippen LogP contribution in [0.25, 0.3) is 10.9 Å². The molecule has 0 saturated carbocycles. The number of carboxylic acid groups (broad SMARTS) is 1. The van der Waals surface area contributed by atoms with Gasteiger partial charge in [-0.05, 0) is 35.8 Å². The third-order valence-corrected chi connectivity index (χ3v) is 7.27. The number of aliphatic carboxylic acids is 1. The van der Waals surface area contributed by atoms with Gasteiger partial charge in [-0.2, -0.15) is 0 Å². The molecule has 7 N–H and O–H groups in total. The maximum Gasteiger partial charge on any atom is 0.326 e. The van der Waals surface area contributed by atoms with E-state index in [9.17, 15) is 24.3 Å². The fourth-order valence-electron chi connectivity index (χ4n) is 4.29. The van der Waals surface area contributed by atoms with Crippen molar-refractivity contribution in [1.29, 1.82) is 0 Å². The first kappa shape index (κ1) is 30.8. The monoisotopic (exact) mass is 529 g/mol. The second-order valence-corrected chi connectivity index (χ2v) is 10.5. The van der Waals surface area contributed by atoms with Crippen molar-refractivity contribution < 1.29 is 24.3 Å². The minimum atomic E-state index is -1.14. The quantitative estimate of drug-likeness (QED) is 0.220. The van der Waals surface area contributed by atoms with Gasteiger partial charge in [-0.25, -0.2) is 4.79 Å². The Labute approximate surface area is 224 Å². The topological polar surface area (TPSA) is 166 Å². The lowest BCUT2D eigenvalue weighted by Crippen LogP contribution is -2.60. The largest absolute Gasteiger partial charge is 0.480 e. The Morgan fingerprint density at radius 1 is 0.842 bits per heavy atom. The summed E-state index contributed by atoms with van der Waals surface area (Å²) in [5.74, 6) is -3.53. The normalized spacial score (nSPS) is 16.2. The zero-order chi connectivity index (χ0) is 28.6. The second kappa shape index (κ2) is 13.9. The Balaban J connectivity index is 2.17. The van der Waals surface area contributed by atoms with Gasteiger partial charge in [0.05, 0.1) is 6.04 Å². The number of carbonyl (C=O) groups is 4. The number of amides is 3. The van der Waals surface area contributed by atoms with Crippen LogP contribution < -0.4 is 21.7 Å². The molecule has 0 aliphatic rings. The van der Waals surface area contributed by atoms with E-state index in [0.29, 0.717) is 12.8 Å². The zero-order valence-corrected chi connectivity index (χ0v) is 23.2. The van der Waals surface area contributed by atoms with E-state index in [2.05, 4.69) is 20.9 Å². The highest BCUT2D eigenvalue weighted by Gasteiger charge is 2.35. The van der Waals surface area contributed by atoms with Crippen molar-refractivity contribution in [3.05, 3.63) is 36.0 Å². The van der Waals surface area contributed by atoms with Crippen LogP contribution in [0.2, 0.25) is 0 Å². The van der Waals surface area contributed by atoms with Gasteiger partial charge in [-0.15, -0.1) is 0 Å². The number of rotatable bonds is 14. The number of H-pyrrole nitrogens is 1. The van der Waals surface area contributed by atoms with Gasteiger partial charge in [0.1, 0.15) is 18.1 Å². The Hall–Kier alpha value is -3.40. The van der Waals surface area contributed by atoms with Crippen molar-refractivity contribution in [3.63, 3.8) is 0 Å². The fourth-order valence-corrected chi connectivity index (χ4v) is 4.29. The molecule has 1 aromatic heterocycles. The first-order valence-corrected chi connectivity index (χ1v) is 13.4. The van der Waals surface area contributed by atoms with E-state index < -0.39 is 47.9 Å². The highest BCUT2D eigenvalue weighted by molar-refractivity contribution is 5.94. The van der Waals surface area contributed by atoms with Crippen LogP contribution >= 0.6 is 0 Å². The molecule has 0 aliphatic carbocycles. The van der Waals surface area contributed by atoms with Crippen molar-refractivity contribution in [2.45, 2.75) is 85.0 Å². The molecule has 0 spiro atoms. The SMILES string of the molecule is CCC(C)C(NC(=O)C(N)Cc1c[nH]c2ccccc12)C(=O)NC(C(=O)NC(C(=O)O)C(C)C)C(C)CC. The molecule has 0 fully saturated rings. The summed E-state index contributed by atoms with van der Waals surface area (Å²) >= 11 is 0. The Kier molecular flexibility index (Phi) is 11.3. The summed E-state index contributed by atoms with van der Waals surface area (Å²) in [7, 11) is 0. The predicted octanol–water partition coefficient (Wildman–Crippen LogP) is 2.32. The number of hydrogen-bond donors (Lipinski definition) is 6. The standard InChI is InChI=1S/C28H43N5O5/c1-7-16(5)23(32-25(34)20(29)13-18-14-30-21-12-10-9-11-19(18)21)27(36)33-24(17(6)8-2)26(35)31-22(15(3)4)28(37)38/h9-12,14-17,20,22-24,30H,7-8,13,29H2,1-6H3,(H,31,35)(H,32,34)(H,33,36)(H,37,38). The molecule has 2 aromatic rings. The summed E-state index contributed by atoms with van der Waals surface area (Å²) in [5.41, 5.74) is 8.09. The third-order valence-electron chi connectivity index (χ3n) is 7.27. The number of aromatic nitrogens is 1. The first-order chi connectivity index (χ1) is 17.9. The van der Waals surface area contributed by atoms with E-state index >= 15 is 0 Å². The predicted molar refractivity (Wildman–Crippen MR) is 147 cm³/mol. The van der Waals surface area contributed by atoms with Crippen molar-refractivity contribution in [1.82, 2.24) is 20.9 Å². The minimum Gasteiger partial charge on any atom is -0.480 e. The van der Waals surface area contributed by atoms with Crippen molar-refractivity contribution in [2.75, 3.05) is 0 Å². The van der Waals surface area contributed by atoms with Crippen LogP contribution in [0.3, 0.4) is 0 Å². The van der Waals surface area contributed by atoms with E-state index in [4.69, 9.17) is 5.73 Å². The number of aromatic amines is 1. The van der Waals surface area contributed by atoms with E-state index in [0.717, 1.165) is 16.5 Å². The van der Waals surface area contributed by atoms with Gasteiger partial charge < -0.3 is 31.8 Å². The van der Waals surface area contributed by atoms with Gasteiger partial charge in [0, 0.05) is 17.1 Å². The van der Waals surface area contributed by atoms with Crippen LogP contribution in [-0.4, -0.2) is 57.9 Å². The van der Waals surface area contributed by atoms with E-state index in [1.807, 2.05) is 58.2 Å². The van der Waals surface area contributed by atoms with Crippen LogP contribution in [0.4, 0.5) is 0 Å². The van der Waals surface area contributed by atoms with E-state index in [-0.39, 0.29) is 24.2 Å². The summed E-state index contributed by atoms with van der Waals surface area (Å²) in [6.45, 7) is 10.8. The first-order valence-electron chi connectivity index (χ1n) is 13.4. The number of para-hydroxylation sites is 1. The maximum absolute atomic E-state index is 13.4. The van der Waals surface area contributed by atoms with Crippen molar-refractivity contribution in [2.24, 2.45) is 23.5 Å². The number of benzene rings is 1.